The van der Waals surface area contributed by atoms with Crippen molar-refractivity contribution in [1.82, 2.24) is 4.98 Å². The van der Waals surface area contributed by atoms with E-state index >= 15 is 0 Å². The molecule has 0 unspecified atom stereocenters. The summed E-state index contributed by atoms with van der Waals surface area (Å²) in [6, 6.07) is 6.40. The highest BCUT2D eigenvalue weighted by Crippen LogP contribution is 2.26. The van der Waals surface area contributed by atoms with Crippen molar-refractivity contribution in [3.63, 3.8) is 0 Å². The molecule has 0 radical (unpaired) electrons. The highest BCUT2D eigenvalue weighted by atomic mass is 14.6. The lowest BCUT2D eigenvalue weighted by Crippen LogP contribution is -1.88. The van der Waals surface area contributed by atoms with Crippen molar-refractivity contribution in [1.29, 1.82) is 0 Å². The number of aromatic nitrogens is 1. The molecule has 0 saturated carbocycles. The summed E-state index contributed by atoms with van der Waals surface area (Å²) in [7, 11) is 0. The minimum absolute atomic E-state index is 0.971. The van der Waals surface area contributed by atoms with E-state index in [9.17, 15) is 0 Å². The molecule has 1 heterocycles. The lowest BCUT2D eigenvalue weighted by Gasteiger charge is -2.08. The third kappa shape index (κ3) is 2.14. The minimum Gasteiger partial charge on any atom is -0.263 e. The summed E-state index contributed by atoms with van der Waals surface area (Å²) in [5, 5.41) is 2.36. The average molecular weight is 223 g/mol. The van der Waals surface area contributed by atoms with Gasteiger partial charge in [0.15, 0.2) is 0 Å². The number of nitrogens with zero attached hydrogens (tertiary/aromatic N) is 1. The molecule has 0 N–H and O–H groups in total. The fraction of sp³-hybridized carbons (Fsp3) is 0.188. The van der Waals surface area contributed by atoms with Crippen LogP contribution in [0.2, 0.25) is 0 Å². The molecule has 86 valence electrons. The molecule has 1 nitrogen and oxygen atoms in total. The Balaban J connectivity index is 2.70. The highest BCUT2D eigenvalue weighted by Gasteiger charge is 2.04. The molecule has 0 aliphatic rings. The summed E-state index contributed by atoms with van der Waals surface area (Å²) < 4.78 is 0. The summed E-state index contributed by atoms with van der Waals surface area (Å²) in [6.07, 6.45) is 4.74. The molecular weight excluding hydrogens is 206 g/mol. The van der Waals surface area contributed by atoms with Crippen LogP contribution in [0.25, 0.3) is 21.9 Å². The van der Waals surface area contributed by atoms with E-state index in [0.29, 0.717) is 0 Å². The first kappa shape index (κ1) is 11.6. The van der Waals surface area contributed by atoms with Crippen LogP contribution in [-0.4, -0.2) is 4.98 Å². The predicted octanol–water partition coefficient (Wildman–Crippen LogP) is 4.69. The van der Waals surface area contributed by atoms with Gasteiger partial charge in [-0.05, 0) is 41.5 Å². The molecule has 17 heavy (non-hydrogen) atoms. The zero-order valence-electron chi connectivity index (χ0n) is 10.5. The number of hydrogen-bond acceptors (Lipinski definition) is 1. The van der Waals surface area contributed by atoms with Gasteiger partial charge in [0.25, 0.3) is 0 Å². The Morgan fingerprint density at radius 3 is 2.65 bits per heavy atom. The van der Waals surface area contributed by atoms with Gasteiger partial charge in [-0.25, -0.2) is 0 Å². The van der Waals surface area contributed by atoms with Crippen LogP contribution >= 0.6 is 0 Å². The molecule has 2 rings (SSSR count). The quantitative estimate of drug-likeness (QED) is 0.735. The molecule has 0 atom stereocenters. The summed E-state index contributed by atoms with van der Waals surface area (Å²) in [6.45, 7) is 12.2. The van der Waals surface area contributed by atoms with E-state index in [2.05, 4.69) is 43.3 Å². The SMILES string of the molecule is C=C(CC)c1ccc2cncc(C(=C)C)c2c1. The fourth-order valence-corrected chi connectivity index (χ4v) is 1.93. The Labute approximate surface area is 103 Å². The van der Waals surface area contributed by atoms with Crippen molar-refractivity contribution < 1.29 is 0 Å². The highest BCUT2D eigenvalue weighted by molar-refractivity contribution is 5.94. The van der Waals surface area contributed by atoms with Gasteiger partial charge < -0.3 is 0 Å². The number of pyridine rings is 1. The summed E-state index contributed by atoms with van der Waals surface area (Å²) >= 11 is 0. The first-order valence-corrected chi connectivity index (χ1v) is 5.85. The second-order valence-corrected chi connectivity index (χ2v) is 4.36. The second-order valence-electron chi connectivity index (χ2n) is 4.36. The van der Waals surface area contributed by atoms with E-state index in [1.165, 1.54) is 10.9 Å². The van der Waals surface area contributed by atoms with Gasteiger partial charge in [-0.3, -0.25) is 4.98 Å². The van der Waals surface area contributed by atoms with Crippen LogP contribution in [0.15, 0.2) is 43.8 Å². The van der Waals surface area contributed by atoms with E-state index in [4.69, 9.17) is 0 Å². The molecule has 2 aromatic rings. The molecule has 0 fully saturated rings. The molecule has 0 aliphatic heterocycles. The fourth-order valence-electron chi connectivity index (χ4n) is 1.93. The molecular formula is C16H17N. The number of benzene rings is 1. The molecule has 0 aliphatic carbocycles. The number of hydrogen-bond donors (Lipinski definition) is 0. The maximum Gasteiger partial charge on any atom is 0.0349 e. The monoisotopic (exact) mass is 223 g/mol. The summed E-state index contributed by atoms with van der Waals surface area (Å²) in [5.41, 5.74) is 4.53. The topological polar surface area (TPSA) is 12.9 Å². The normalized spacial score (nSPS) is 10.5. The van der Waals surface area contributed by atoms with Crippen molar-refractivity contribution in [3.05, 3.63) is 54.9 Å². The first-order valence-electron chi connectivity index (χ1n) is 5.85. The van der Waals surface area contributed by atoms with Crippen molar-refractivity contribution in [2.45, 2.75) is 20.3 Å². The largest absolute Gasteiger partial charge is 0.263 e. The second kappa shape index (κ2) is 4.54. The zero-order valence-corrected chi connectivity index (χ0v) is 10.5. The molecule has 0 bridgehead atoms. The standard InChI is InChI=1S/C16H17N/c1-5-12(4)13-6-7-14-9-17-10-16(11(2)3)15(14)8-13/h6-10H,2,4-5H2,1,3H3. The van der Waals surface area contributed by atoms with Gasteiger partial charge in [-0.15, -0.1) is 0 Å². The van der Waals surface area contributed by atoms with Crippen LogP contribution in [0.3, 0.4) is 0 Å². The smallest absolute Gasteiger partial charge is 0.0349 e. The van der Waals surface area contributed by atoms with Gasteiger partial charge in [0, 0.05) is 23.3 Å². The van der Waals surface area contributed by atoms with Gasteiger partial charge in [-0.2, -0.15) is 0 Å². The first-order chi connectivity index (χ1) is 8.13. The van der Waals surface area contributed by atoms with Crippen LogP contribution in [-0.2, 0) is 0 Å². The van der Waals surface area contributed by atoms with Crippen molar-refractivity contribution in [2.24, 2.45) is 0 Å². The average Bonchev–Trinajstić information content (AvgIpc) is 2.36. The number of allylic oxidation sites excluding steroid dienone is 2. The van der Waals surface area contributed by atoms with Crippen molar-refractivity contribution >= 4 is 21.9 Å². The zero-order chi connectivity index (χ0) is 12.4. The summed E-state index contributed by atoms with van der Waals surface area (Å²) in [5.74, 6) is 0. The lowest BCUT2D eigenvalue weighted by molar-refractivity contribution is 1.25. The van der Waals surface area contributed by atoms with Crippen LogP contribution in [0, 0.1) is 0 Å². The van der Waals surface area contributed by atoms with E-state index in [0.717, 1.165) is 28.5 Å². The van der Waals surface area contributed by atoms with Gasteiger partial charge in [0.2, 0.25) is 0 Å². The molecule has 1 heteroatoms. The van der Waals surface area contributed by atoms with E-state index in [-0.39, 0.29) is 0 Å². The maximum absolute atomic E-state index is 4.25. The molecule has 0 spiro atoms. The summed E-state index contributed by atoms with van der Waals surface area (Å²) in [4.78, 5) is 4.25. The van der Waals surface area contributed by atoms with Gasteiger partial charge in [-0.1, -0.05) is 32.2 Å². The minimum atomic E-state index is 0.971. The van der Waals surface area contributed by atoms with Crippen molar-refractivity contribution in [3.8, 4) is 0 Å². The van der Waals surface area contributed by atoms with Crippen LogP contribution in [0.1, 0.15) is 31.4 Å². The number of fused-ring (bicyclic) bond motifs is 1. The van der Waals surface area contributed by atoms with E-state index in [1.807, 2.05) is 19.3 Å². The lowest BCUT2D eigenvalue weighted by atomic mass is 9.97. The Morgan fingerprint density at radius 1 is 1.24 bits per heavy atom. The van der Waals surface area contributed by atoms with Crippen LogP contribution in [0.5, 0.6) is 0 Å². The molecule has 0 saturated heterocycles. The van der Waals surface area contributed by atoms with Gasteiger partial charge in [0.05, 0.1) is 0 Å². The molecule has 1 aromatic heterocycles. The van der Waals surface area contributed by atoms with Gasteiger partial charge >= 0.3 is 0 Å². The van der Waals surface area contributed by atoms with E-state index in [1.54, 1.807) is 0 Å². The van der Waals surface area contributed by atoms with Crippen LogP contribution < -0.4 is 0 Å². The van der Waals surface area contributed by atoms with Crippen LogP contribution in [0.4, 0.5) is 0 Å². The van der Waals surface area contributed by atoms with E-state index < -0.39 is 0 Å². The Bertz CT molecular complexity index is 593. The molecule has 0 amide bonds. The Hall–Kier alpha value is -1.89. The third-order valence-corrected chi connectivity index (χ3v) is 3.06. The maximum atomic E-state index is 4.25. The Morgan fingerprint density at radius 2 is 2.00 bits per heavy atom. The predicted molar refractivity (Wildman–Crippen MR) is 75.8 cm³/mol. The number of rotatable bonds is 3. The third-order valence-electron chi connectivity index (χ3n) is 3.06. The van der Waals surface area contributed by atoms with Gasteiger partial charge in [0.1, 0.15) is 0 Å². The van der Waals surface area contributed by atoms with Crippen molar-refractivity contribution in [2.75, 3.05) is 0 Å². The molecule has 1 aromatic carbocycles. The Kier molecular flexibility index (Phi) is 3.10.